The molecule has 2 aliphatic rings. The van der Waals surface area contributed by atoms with Gasteiger partial charge in [0.15, 0.2) is 0 Å². The first-order valence-electron chi connectivity index (χ1n) is 8.96. The second-order valence-corrected chi connectivity index (χ2v) is 6.90. The summed E-state index contributed by atoms with van der Waals surface area (Å²) in [6.45, 7) is 6.64. The lowest BCUT2D eigenvalue weighted by molar-refractivity contribution is -0.126. The van der Waals surface area contributed by atoms with Crippen molar-refractivity contribution >= 4 is 5.91 Å². The Morgan fingerprint density at radius 1 is 1.24 bits per heavy atom. The molecule has 0 aromatic rings. The van der Waals surface area contributed by atoms with Gasteiger partial charge in [-0.1, -0.05) is 26.2 Å². The minimum atomic E-state index is -0.429. The van der Waals surface area contributed by atoms with Crippen LogP contribution in [-0.2, 0) is 4.79 Å². The third-order valence-corrected chi connectivity index (χ3v) is 5.44. The largest absolute Gasteiger partial charge is 0.368 e. The predicted molar refractivity (Wildman–Crippen MR) is 87.1 cm³/mol. The van der Waals surface area contributed by atoms with Crippen LogP contribution in [0, 0.1) is 5.92 Å². The average molecular weight is 295 g/mol. The van der Waals surface area contributed by atoms with Crippen LogP contribution >= 0.6 is 0 Å². The van der Waals surface area contributed by atoms with Crippen LogP contribution in [0.3, 0.4) is 0 Å². The maximum absolute atomic E-state index is 12.1. The number of carbonyl (C=O) groups is 1. The quantitative estimate of drug-likeness (QED) is 0.757. The first-order valence-corrected chi connectivity index (χ1v) is 8.96. The van der Waals surface area contributed by atoms with E-state index in [0.29, 0.717) is 5.92 Å². The average Bonchev–Trinajstić information content (AvgIpc) is 2.71. The molecule has 2 unspecified atom stereocenters. The van der Waals surface area contributed by atoms with Crippen molar-refractivity contribution in [2.45, 2.75) is 70.3 Å². The Kier molecular flexibility index (Phi) is 6.49. The Bertz CT molecular complexity index is 326. The molecule has 1 saturated carbocycles. The normalized spacial score (nSPS) is 31.2. The second-order valence-electron chi connectivity index (χ2n) is 6.90. The Hall–Kier alpha value is -0.610. The zero-order valence-corrected chi connectivity index (χ0v) is 13.7. The minimum Gasteiger partial charge on any atom is -0.368 e. The summed E-state index contributed by atoms with van der Waals surface area (Å²) in [6.07, 6.45) is 10.8. The van der Waals surface area contributed by atoms with Gasteiger partial charge in [-0.3, -0.25) is 4.79 Å². The number of nitrogens with two attached hydrogens (primary N) is 1. The summed E-state index contributed by atoms with van der Waals surface area (Å²) < 4.78 is 0. The van der Waals surface area contributed by atoms with Gasteiger partial charge in [-0.05, 0) is 70.6 Å². The number of nitrogens with zero attached hydrogens (tertiary/aromatic N) is 1. The van der Waals surface area contributed by atoms with Gasteiger partial charge >= 0.3 is 0 Å². The summed E-state index contributed by atoms with van der Waals surface area (Å²) >= 11 is 0. The smallest absolute Gasteiger partial charge is 0.238 e. The highest BCUT2D eigenvalue weighted by atomic mass is 16.1. The third-order valence-electron chi connectivity index (χ3n) is 5.44. The van der Waals surface area contributed by atoms with Gasteiger partial charge in [0.2, 0.25) is 5.91 Å². The van der Waals surface area contributed by atoms with Crippen LogP contribution in [0.5, 0.6) is 0 Å². The Morgan fingerprint density at radius 3 is 2.57 bits per heavy atom. The molecule has 1 saturated heterocycles. The lowest BCUT2D eigenvalue weighted by Gasteiger charge is -2.35. The van der Waals surface area contributed by atoms with E-state index in [2.05, 4.69) is 17.1 Å². The molecular formula is C17H33N3O. The van der Waals surface area contributed by atoms with Crippen LogP contribution in [0.2, 0.25) is 0 Å². The van der Waals surface area contributed by atoms with Crippen LogP contribution in [0.1, 0.15) is 64.7 Å². The summed E-state index contributed by atoms with van der Waals surface area (Å²) in [5.74, 6) is 0.291. The summed E-state index contributed by atoms with van der Waals surface area (Å²) in [6, 6.07) is 0. The molecular weight excluding hydrogens is 262 g/mol. The Morgan fingerprint density at radius 2 is 1.95 bits per heavy atom. The second kappa shape index (κ2) is 8.14. The first kappa shape index (κ1) is 16.8. The van der Waals surface area contributed by atoms with Crippen molar-refractivity contribution in [3.05, 3.63) is 0 Å². The molecule has 3 N–H and O–H groups in total. The number of likely N-dealkylation sites (tertiary alicyclic amines) is 1. The number of rotatable bonds is 7. The van der Waals surface area contributed by atoms with Crippen LogP contribution in [-0.4, -0.2) is 42.5 Å². The van der Waals surface area contributed by atoms with Gasteiger partial charge in [-0.25, -0.2) is 0 Å². The SMILES string of the molecule is CCCNC1(C(N)=O)CCCC1CCN1CCCCCC1. The Balaban J connectivity index is 1.91. The van der Waals surface area contributed by atoms with Gasteiger partial charge in [-0.2, -0.15) is 0 Å². The number of nitrogens with one attached hydrogen (secondary N) is 1. The summed E-state index contributed by atoms with van der Waals surface area (Å²) in [5.41, 5.74) is 5.35. The van der Waals surface area contributed by atoms with Crippen LogP contribution < -0.4 is 11.1 Å². The van der Waals surface area contributed by atoms with Crippen LogP contribution in [0.25, 0.3) is 0 Å². The fourth-order valence-corrected chi connectivity index (χ4v) is 4.16. The van der Waals surface area contributed by atoms with Crippen molar-refractivity contribution in [2.75, 3.05) is 26.2 Å². The third kappa shape index (κ3) is 4.19. The lowest BCUT2D eigenvalue weighted by Crippen LogP contribution is -2.58. The van der Waals surface area contributed by atoms with Gasteiger partial charge in [0.25, 0.3) is 0 Å². The van der Waals surface area contributed by atoms with E-state index in [-0.39, 0.29) is 5.91 Å². The molecule has 0 bridgehead atoms. The molecule has 4 heteroatoms. The molecule has 1 aliphatic heterocycles. The molecule has 1 amide bonds. The summed E-state index contributed by atoms with van der Waals surface area (Å²) in [5, 5.41) is 3.50. The van der Waals surface area contributed by atoms with Crippen LogP contribution in [0.15, 0.2) is 0 Å². The standard InChI is InChI=1S/C17H33N3O/c1-2-11-19-17(16(18)21)10-7-8-15(17)9-14-20-12-5-3-4-6-13-20/h15,19H,2-14H2,1H3,(H2,18,21). The first-order chi connectivity index (χ1) is 10.2. The lowest BCUT2D eigenvalue weighted by atomic mass is 9.83. The maximum Gasteiger partial charge on any atom is 0.238 e. The van der Waals surface area contributed by atoms with Crippen molar-refractivity contribution in [3.63, 3.8) is 0 Å². The molecule has 122 valence electrons. The van der Waals surface area contributed by atoms with E-state index < -0.39 is 5.54 Å². The number of hydrogen-bond donors (Lipinski definition) is 2. The van der Waals surface area contributed by atoms with Gasteiger partial charge < -0.3 is 16.0 Å². The van der Waals surface area contributed by atoms with Crippen molar-refractivity contribution in [2.24, 2.45) is 11.7 Å². The van der Waals surface area contributed by atoms with Crippen molar-refractivity contribution in [1.82, 2.24) is 10.2 Å². The van der Waals surface area contributed by atoms with E-state index in [1.54, 1.807) is 0 Å². The molecule has 0 aromatic carbocycles. The zero-order valence-electron chi connectivity index (χ0n) is 13.7. The predicted octanol–water partition coefficient (Wildman–Crippen LogP) is 2.28. The van der Waals surface area contributed by atoms with Crippen molar-refractivity contribution < 1.29 is 4.79 Å². The molecule has 1 aliphatic carbocycles. The highest BCUT2D eigenvalue weighted by molar-refractivity contribution is 5.85. The van der Waals surface area contributed by atoms with Gasteiger partial charge in [0.05, 0.1) is 0 Å². The van der Waals surface area contributed by atoms with Gasteiger partial charge in [0.1, 0.15) is 5.54 Å². The summed E-state index contributed by atoms with van der Waals surface area (Å²) in [4.78, 5) is 14.7. The van der Waals surface area contributed by atoms with E-state index in [9.17, 15) is 4.79 Å². The molecule has 21 heavy (non-hydrogen) atoms. The number of carbonyl (C=O) groups excluding carboxylic acids is 1. The fourth-order valence-electron chi connectivity index (χ4n) is 4.16. The molecule has 2 atom stereocenters. The zero-order chi connectivity index (χ0) is 15.1. The molecule has 0 radical (unpaired) electrons. The molecule has 4 nitrogen and oxygen atoms in total. The van der Waals surface area contributed by atoms with Gasteiger partial charge in [-0.15, -0.1) is 0 Å². The van der Waals surface area contributed by atoms with E-state index >= 15 is 0 Å². The fraction of sp³-hybridized carbons (Fsp3) is 0.941. The van der Waals surface area contributed by atoms with E-state index in [1.807, 2.05) is 0 Å². The molecule has 0 aromatic heterocycles. The minimum absolute atomic E-state index is 0.130. The van der Waals surface area contributed by atoms with Gasteiger partial charge in [0, 0.05) is 0 Å². The van der Waals surface area contributed by atoms with E-state index in [0.717, 1.165) is 45.2 Å². The van der Waals surface area contributed by atoms with E-state index in [4.69, 9.17) is 5.73 Å². The number of amides is 1. The molecule has 0 spiro atoms. The molecule has 1 heterocycles. The van der Waals surface area contributed by atoms with Crippen LogP contribution in [0.4, 0.5) is 0 Å². The highest BCUT2D eigenvalue weighted by Crippen LogP contribution is 2.38. The monoisotopic (exact) mass is 295 g/mol. The topological polar surface area (TPSA) is 58.4 Å². The van der Waals surface area contributed by atoms with E-state index in [1.165, 1.54) is 38.8 Å². The Labute approximate surface area is 129 Å². The number of primary amides is 1. The molecule has 2 fully saturated rings. The number of hydrogen-bond acceptors (Lipinski definition) is 3. The highest BCUT2D eigenvalue weighted by Gasteiger charge is 2.46. The van der Waals surface area contributed by atoms with Crippen molar-refractivity contribution in [3.8, 4) is 0 Å². The summed E-state index contributed by atoms with van der Waals surface area (Å²) in [7, 11) is 0. The molecule has 2 rings (SSSR count). The maximum atomic E-state index is 12.1. The van der Waals surface area contributed by atoms with Crippen molar-refractivity contribution in [1.29, 1.82) is 0 Å².